The van der Waals surface area contributed by atoms with E-state index in [1.165, 1.54) is 0 Å². The highest BCUT2D eigenvalue weighted by atomic mass is 16.7. The van der Waals surface area contributed by atoms with Crippen LogP contribution in [0.5, 0.6) is 0 Å². The Balaban J connectivity index is 2.82. The van der Waals surface area contributed by atoms with E-state index in [0.29, 0.717) is 38.5 Å². The number of aliphatic carboxylic acids is 1. The fraction of sp³-hybridized carbons (Fsp3) is 0.508. The standard InChI is InChI=1S/C65H94O12/c1-4-7-10-13-16-19-22-25-27-28-29-30-32-34-36-39-42-45-48-51-57(66)73-54-56(75-58(67)52-49-46-43-40-37-33-24-21-18-15-12-9-6-3)55-74-65-63(61(70)60(69)62(77-65)64(71)72)76-59(68)53-50-47-44-41-38-35-31-26-23-20-17-14-11-8-5-2/h7-12,16-21,25-27,29-31,33-34,36-38,41-43,45-46,56,60-63,65,69-70H,4-6,13-15,22-24,28,32,35,39-40,44,47-55H2,1-3H3,(H,71,72)/b10-7-,11-8-,12-9-,19-16-,20-17-,21-18-,27-25-,30-29-,31-26-,36-34-,37-33-,41-38-,45-42-,46-43-. The number of hydrogen-bond acceptors (Lipinski definition) is 11. The SMILES string of the molecule is CC/C=C\C/C=C\C/C=C\C/C=C\C/C=C\C/C=C\CCC(=O)OCC(COC1OC(C(=O)O)C(O)C(O)C1OC(=O)CCCC/C=C\C/C=C\C/C=C\C/C=C\CC)OC(=O)CC/C=C\C/C=C\C/C=C\C/C=C\CC. The number of rotatable bonds is 44. The van der Waals surface area contributed by atoms with Gasteiger partial charge in [0.1, 0.15) is 18.8 Å². The smallest absolute Gasteiger partial charge is 0.335 e. The van der Waals surface area contributed by atoms with Crippen LogP contribution in [-0.4, -0.2) is 89.2 Å². The Hall–Kier alpha value is -5.92. The molecule has 1 aliphatic heterocycles. The first-order valence-electron chi connectivity index (χ1n) is 28.1. The first-order chi connectivity index (χ1) is 37.6. The van der Waals surface area contributed by atoms with E-state index in [4.69, 9.17) is 23.7 Å². The summed E-state index contributed by atoms with van der Waals surface area (Å²) in [6, 6.07) is 0. The number of carbonyl (C=O) groups is 4. The van der Waals surface area contributed by atoms with Crippen LogP contribution in [0.4, 0.5) is 0 Å². The highest BCUT2D eigenvalue weighted by molar-refractivity contribution is 5.74. The molecule has 3 N–H and O–H groups in total. The number of esters is 3. The molecule has 1 aliphatic rings. The Bertz CT molecular complexity index is 1990. The van der Waals surface area contributed by atoms with Crippen molar-refractivity contribution < 1.29 is 58.2 Å². The summed E-state index contributed by atoms with van der Waals surface area (Å²) in [5, 5.41) is 31.4. The molecule has 0 aromatic rings. The lowest BCUT2D eigenvalue weighted by Gasteiger charge is -2.40. The monoisotopic (exact) mass is 1070 g/mol. The summed E-state index contributed by atoms with van der Waals surface area (Å²) in [6.45, 7) is 5.46. The van der Waals surface area contributed by atoms with E-state index in [2.05, 4.69) is 154 Å². The molecular weight excluding hydrogens is 973 g/mol. The molecule has 426 valence electrons. The molecule has 0 aromatic heterocycles. The maximum atomic E-state index is 13.1. The predicted molar refractivity (Wildman–Crippen MR) is 312 cm³/mol. The van der Waals surface area contributed by atoms with Gasteiger partial charge in [-0.05, 0) is 122 Å². The first kappa shape index (κ1) is 69.1. The minimum atomic E-state index is -1.95. The highest BCUT2D eigenvalue weighted by Crippen LogP contribution is 2.26. The van der Waals surface area contributed by atoms with Crippen LogP contribution in [0.1, 0.15) is 162 Å². The number of carbonyl (C=O) groups excluding carboxylic acids is 3. The predicted octanol–water partition coefficient (Wildman–Crippen LogP) is 14.3. The minimum Gasteiger partial charge on any atom is -0.479 e. The summed E-state index contributed by atoms with van der Waals surface area (Å²) in [5.74, 6) is -3.44. The van der Waals surface area contributed by atoms with Crippen molar-refractivity contribution in [2.75, 3.05) is 13.2 Å². The van der Waals surface area contributed by atoms with Crippen molar-refractivity contribution in [1.29, 1.82) is 0 Å². The van der Waals surface area contributed by atoms with Crippen molar-refractivity contribution in [3.8, 4) is 0 Å². The van der Waals surface area contributed by atoms with E-state index in [9.17, 15) is 34.5 Å². The third-order valence-corrected chi connectivity index (χ3v) is 11.3. The van der Waals surface area contributed by atoms with Crippen LogP contribution in [0.25, 0.3) is 0 Å². The van der Waals surface area contributed by atoms with Gasteiger partial charge in [0.15, 0.2) is 24.6 Å². The van der Waals surface area contributed by atoms with Gasteiger partial charge in [-0.25, -0.2) is 4.79 Å². The fourth-order valence-electron chi connectivity index (χ4n) is 7.10. The fourth-order valence-corrected chi connectivity index (χ4v) is 7.10. The van der Waals surface area contributed by atoms with E-state index in [-0.39, 0.29) is 19.3 Å². The van der Waals surface area contributed by atoms with Gasteiger partial charge in [0.05, 0.1) is 6.61 Å². The second kappa shape index (κ2) is 50.9. The number of ether oxygens (including phenoxy) is 5. The van der Waals surface area contributed by atoms with Crippen molar-refractivity contribution in [1.82, 2.24) is 0 Å². The molecule has 0 radical (unpaired) electrons. The lowest BCUT2D eigenvalue weighted by Crippen LogP contribution is -2.61. The summed E-state index contributed by atoms with van der Waals surface area (Å²) in [7, 11) is 0. The van der Waals surface area contributed by atoms with Gasteiger partial charge in [-0.15, -0.1) is 0 Å². The van der Waals surface area contributed by atoms with Crippen molar-refractivity contribution in [3.05, 3.63) is 170 Å². The molecule has 1 fully saturated rings. The molecule has 6 unspecified atom stereocenters. The maximum absolute atomic E-state index is 13.1. The van der Waals surface area contributed by atoms with Crippen molar-refractivity contribution in [2.24, 2.45) is 0 Å². The summed E-state index contributed by atoms with van der Waals surface area (Å²) < 4.78 is 28.1. The molecule has 12 nitrogen and oxygen atoms in total. The Kier molecular flexibility index (Phi) is 45.6. The normalized spacial score (nSPS) is 19.3. The molecule has 0 bridgehead atoms. The van der Waals surface area contributed by atoms with Crippen LogP contribution < -0.4 is 0 Å². The number of carboxylic acids is 1. The maximum Gasteiger partial charge on any atom is 0.335 e. The molecule has 0 saturated carbocycles. The molecule has 0 aromatic carbocycles. The third kappa shape index (κ3) is 40.9. The molecular formula is C65H94O12. The molecule has 0 amide bonds. The topological polar surface area (TPSA) is 175 Å². The summed E-state index contributed by atoms with van der Waals surface area (Å²) in [5.41, 5.74) is 0. The van der Waals surface area contributed by atoms with Crippen molar-refractivity contribution >= 4 is 23.9 Å². The van der Waals surface area contributed by atoms with Gasteiger partial charge in [-0.2, -0.15) is 0 Å². The second-order valence-corrected chi connectivity index (χ2v) is 18.1. The molecule has 12 heteroatoms. The average Bonchev–Trinajstić information content (AvgIpc) is 3.42. The molecule has 1 heterocycles. The number of unbranched alkanes of at least 4 members (excludes halogenated alkanes) is 2. The number of allylic oxidation sites excluding steroid dienone is 28. The van der Waals surface area contributed by atoms with Gasteiger partial charge in [-0.1, -0.05) is 191 Å². The lowest BCUT2D eigenvalue weighted by atomic mass is 9.98. The summed E-state index contributed by atoms with van der Waals surface area (Å²) in [4.78, 5) is 51.0. The molecule has 1 rings (SSSR count). The van der Waals surface area contributed by atoms with Crippen molar-refractivity contribution in [3.63, 3.8) is 0 Å². The molecule has 1 saturated heterocycles. The van der Waals surface area contributed by atoms with Gasteiger partial charge in [0.25, 0.3) is 0 Å². The quantitative estimate of drug-likeness (QED) is 0.0228. The van der Waals surface area contributed by atoms with Crippen LogP contribution in [0.15, 0.2) is 170 Å². The Morgan fingerprint density at radius 1 is 0.429 bits per heavy atom. The number of aliphatic hydroxyl groups is 2. The molecule has 6 atom stereocenters. The Labute approximate surface area is 462 Å². The zero-order chi connectivity index (χ0) is 56.1. The third-order valence-electron chi connectivity index (χ3n) is 11.3. The second-order valence-electron chi connectivity index (χ2n) is 18.1. The van der Waals surface area contributed by atoms with E-state index in [1.54, 1.807) is 0 Å². The van der Waals surface area contributed by atoms with Crippen LogP contribution in [0.2, 0.25) is 0 Å². The minimum absolute atomic E-state index is 0.00973. The summed E-state index contributed by atoms with van der Waals surface area (Å²) in [6.07, 6.45) is 63.6. The van der Waals surface area contributed by atoms with Gasteiger partial charge in [0, 0.05) is 19.3 Å². The van der Waals surface area contributed by atoms with E-state index < -0.39 is 73.9 Å². The van der Waals surface area contributed by atoms with Gasteiger partial charge < -0.3 is 39.0 Å². The van der Waals surface area contributed by atoms with E-state index in [0.717, 1.165) is 83.5 Å². The van der Waals surface area contributed by atoms with Gasteiger partial charge in [-0.3, -0.25) is 14.4 Å². The first-order valence-corrected chi connectivity index (χ1v) is 28.1. The van der Waals surface area contributed by atoms with Gasteiger partial charge >= 0.3 is 23.9 Å². The molecule has 0 aliphatic carbocycles. The number of hydrogen-bond donors (Lipinski definition) is 3. The van der Waals surface area contributed by atoms with E-state index >= 15 is 0 Å². The van der Waals surface area contributed by atoms with Gasteiger partial charge in [0.2, 0.25) is 0 Å². The Morgan fingerprint density at radius 3 is 1.18 bits per heavy atom. The zero-order valence-corrected chi connectivity index (χ0v) is 46.6. The van der Waals surface area contributed by atoms with Crippen LogP contribution in [-0.2, 0) is 42.9 Å². The van der Waals surface area contributed by atoms with Crippen LogP contribution in [0.3, 0.4) is 0 Å². The molecule has 0 spiro atoms. The zero-order valence-electron chi connectivity index (χ0n) is 46.6. The highest BCUT2D eigenvalue weighted by Gasteiger charge is 2.50. The van der Waals surface area contributed by atoms with Crippen LogP contribution >= 0.6 is 0 Å². The Morgan fingerprint density at radius 2 is 0.792 bits per heavy atom. The molecule has 77 heavy (non-hydrogen) atoms. The largest absolute Gasteiger partial charge is 0.479 e. The van der Waals surface area contributed by atoms with Crippen LogP contribution in [0, 0.1) is 0 Å². The van der Waals surface area contributed by atoms with Crippen molar-refractivity contribution in [2.45, 2.75) is 199 Å². The lowest BCUT2D eigenvalue weighted by molar-refractivity contribution is -0.301. The number of aliphatic hydroxyl groups excluding tert-OH is 2. The number of carboxylic acid groups (broad SMARTS) is 1. The van der Waals surface area contributed by atoms with E-state index in [1.807, 2.05) is 36.5 Å². The summed E-state index contributed by atoms with van der Waals surface area (Å²) >= 11 is 0. The average molecular weight is 1070 g/mol.